The Labute approximate surface area is 151 Å². The molecule has 2 rings (SSSR count). The second kappa shape index (κ2) is 9.56. The van der Waals surface area contributed by atoms with E-state index in [1.807, 2.05) is 6.20 Å². The molecule has 25 heavy (non-hydrogen) atoms. The maximum absolute atomic E-state index is 12.4. The molecule has 0 saturated carbocycles. The van der Waals surface area contributed by atoms with Gasteiger partial charge in [-0.05, 0) is 53.6 Å². The molecule has 0 aliphatic carbocycles. The molecule has 0 amide bonds. The maximum Gasteiger partial charge on any atom is 0.269 e. The summed E-state index contributed by atoms with van der Waals surface area (Å²) >= 11 is 0. The lowest BCUT2D eigenvalue weighted by Gasteiger charge is -2.22. The summed E-state index contributed by atoms with van der Waals surface area (Å²) in [5, 5.41) is 4.38. The van der Waals surface area contributed by atoms with Crippen LogP contribution in [0.15, 0.2) is 40.4 Å². The predicted octanol–water partition coefficient (Wildman–Crippen LogP) is 3.08. The Morgan fingerprint density at radius 2 is 1.96 bits per heavy atom. The summed E-state index contributed by atoms with van der Waals surface area (Å²) in [6.07, 6.45) is 9.38. The van der Waals surface area contributed by atoms with Crippen LogP contribution in [0.4, 0.5) is 5.69 Å². The Morgan fingerprint density at radius 1 is 1.16 bits per heavy atom. The second-order valence-electron chi connectivity index (χ2n) is 7.25. The number of anilines is 1. The van der Waals surface area contributed by atoms with E-state index in [1.165, 1.54) is 15.8 Å². The molecule has 1 aromatic heterocycles. The van der Waals surface area contributed by atoms with Gasteiger partial charge in [-0.15, -0.1) is 0 Å². The van der Waals surface area contributed by atoms with Crippen LogP contribution in [0.2, 0.25) is 0 Å². The van der Waals surface area contributed by atoms with Crippen LogP contribution in [0.1, 0.15) is 40.0 Å². The third-order valence-corrected chi connectivity index (χ3v) is 4.64. The SMILES string of the molecule is CC(C)=CCC/C(C)=C/Cn1ncc(N2CCCN(C)CC2)cc1=O. The third-order valence-electron chi connectivity index (χ3n) is 4.64. The van der Waals surface area contributed by atoms with E-state index >= 15 is 0 Å². The van der Waals surface area contributed by atoms with Crippen LogP contribution >= 0.6 is 0 Å². The lowest BCUT2D eigenvalue weighted by atomic mass is 10.1. The molecule has 1 saturated heterocycles. The summed E-state index contributed by atoms with van der Waals surface area (Å²) in [7, 11) is 2.14. The highest BCUT2D eigenvalue weighted by atomic mass is 16.1. The molecule has 138 valence electrons. The highest BCUT2D eigenvalue weighted by Crippen LogP contribution is 2.13. The second-order valence-corrected chi connectivity index (χ2v) is 7.25. The molecule has 1 aliphatic rings. The molecule has 0 N–H and O–H groups in total. The number of likely N-dealkylation sites (N-methyl/N-ethyl adjacent to an activating group) is 1. The minimum absolute atomic E-state index is 0.0246. The van der Waals surface area contributed by atoms with Crippen molar-refractivity contribution in [1.29, 1.82) is 0 Å². The van der Waals surface area contributed by atoms with Crippen molar-refractivity contribution in [2.24, 2.45) is 0 Å². The summed E-state index contributed by atoms with van der Waals surface area (Å²) in [5.41, 5.74) is 3.57. The molecule has 5 nitrogen and oxygen atoms in total. The first kappa shape index (κ1) is 19.4. The van der Waals surface area contributed by atoms with E-state index in [4.69, 9.17) is 0 Å². The molecular formula is C20H32N4O. The molecule has 0 atom stereocenters. The smallest absolute Gasteiger partial charge is 0.269 e. The van der Waals surface area contributed by atoms with Gasteiger partial charge in [0.25, 0.3) is 5.56 Å². The number of hydrogen-bond donors (Lipinski definition) is 0. The molecule has 0 bridgehead atoms. The van der Waals surface area contributed by atoms with Gasteiger partial charge in [0.05, 0.1) is 18.4 Å². The van der Waals surface area contributed by atoms with Crippen molar-refractivity contribution < 1.29 is 0 Å². The number of aromatic nitrogens is 2. The zero-order chi connectivity index (χ0) is 18.2. The van der Waals surface area contributed by atoms with Gasteiger partial charge in [0, 0.05) is 25.7 Å². The topological polar surface area (TPSA) is 41.4 Å². The lowest BCUT2D eigenvalue weighted by molar-refractivity contribution is 0.360. The van der Waals surface area contributed by atoms with Gasteiger partial charge in [0.2, 0.25) is 0 Å². The maximum atomic E-state index is 12.4. The number of allylic oxidation sites excluding steroid dienone is 4. The van der Waals surface area contributed by atoms with Gasteiger partial charge in [-0.25, -0.2) is 4.68 Å². The zero-order valence-electron chi connectivity index (χ0n) is 16.2. The van der Waals surface area contributed by atoms with E-state index in [0.29, 0.717) is 6.54 Å². The van der Waals surface area contributed by atoms with Gasteiger partial charge >= 0.3 is 0 Å². The molecule has 0 aromatic carbocycles. The van der Waals surface area contributed by atoms with Crippen molar-refractivity contribution in [2.75, 3.05) is 38.1 Å². The molecule has 1 aliphatic heterocycles. The van der Waals surface area contributed by atoms with E-state index < -0.39 is 0 Å². The van der Waals surface area contributed by atoms with E-state index in [9.17, 15) is 4.79 Å². The number of nitrogens with zero attached hydrogens (tertiary/aromatic N) is 4. The third kappa shape index (κ3) is 6.50. The van der Waals surface area contributed by atoms with Crippen molar-refractivity contribution >= 4 is 5.69 Å². The Kier molecular flexibility index (Phi) is 7.44. The fourth-order valence-corrected chi connectivity index (χ4v) is 2.97. The van der Waals surface area contributed by atoms with Gasteiger partial charge in [-0.1, -0.05) is 23.3 Å². The van der Waals surface area contributed by atoms with Crippen molar-refractivity contribution in [3.05, 3.63) is 45.9 Å². The highest BCUT2D eigenvalue weighted by molar-refractivity contribution is 5.43. The molecule has 5 heteroatoms. The van der Waals surface area contributed by atoms with Gasteiger partial charge in [-0.3, -0.25) is 4.79 Å². The van der Waals surface area contributed by atoms with Crippen molar-refractivity contribution in [3.63, 3.8) is 0 Å². The monoisotopic (exact) mass is 344 g/mol. The molecule has 1 fully saturated rings. The quantitative estimate of drug-likeness (QED) is 0.744. The van der Waals surface area contributed by atoms with Crippen molar-refractivity contribution in [3.8, 4) is 0 Å². The van der Waals surface area contributed by atoms with Crippen LogP contribution in [0, 0.1) is 0 Å². The first-order chi connectivity index (χ1) is 12.0. The summed E-state index contributed by atoms with van der Waals surface area (Å²) in [6.45, 7) is 11.0. The summed E-state index contributed by atoms with van der Waals surface area (Å²) < 4.78 is 1.54. The summed E-state index contributed by atoms with van der Waals surface area (Å²) in [5.74, 6) is 0. The largest absolute Gasteiger partial charge is 0.369 e. The standard InChI is InChI=1S/C20H32N4O/c1-17(2)7-5-8-18(3)9-12-24-20(25)15-19(16-21-24)23-11-6-10-22(4)13-14-23/h7,9,15-16H,5-6,8,10-14H2,1-4H3/b18-9+. The van der Waals surface area contributed by atoms with E-state index in [1.54, 1.807) is 6.07 Å². The van der Waals surface area contributed by atoms with Crippen LogP contribution in [-0.4, -0.2) is 47.9 Å². The summed E-state index contributed by atoms with van der Waals surface area (Å²) in [6, 6.07) is 1.73. The molecule has 0 radical (unpaired) electrons. The van der Waals surface area contributed by atoms with E-state index in [-0.39, 0.29) is 5.56 Å². The van der Waals surface area contributed by atoms with E-state index in [0.717, 1.165) is 51.1 Å². The Bertz CT molecular complexity index is 671. The number of hydrogen-bond acceptors (Lipinski definition) is 4. The fraction of sp³-hybridized carbons (Fsp3) is 0.600. The molecule has 0 unspecified atom stereocenters. The Balaban J connectivity index is 1.97. The van der Waals surface area contributed by atoms with Crippen molar-refractivity contribution in [1.82, 2.24) is 14.7 Å². The van der Waals surface area contributed by atoms with Gasteiger partial charge < -0.3 is 9.80 Å². The molecular weight excluding hydrogens is 312 g/mol. The normalized spacial score (nSPS) is 16.6. The van der Waals surface area contributed by atoms with Gasteiger partial charge in [0.1, 0.15) is 0 Å². The predicted molar refractivity (Wildman–Crippen MR) is 105 cm³/mol. The highest BCUT2D eigenvalue weighted by Gasteiger charge is 2.13. The molecule has 1 aromatic rings. The van der Waals surface area contributed by atoms with Crippen LogP contribution < -0.4 is 10.5 Å². The van der Waals surface area contributed by atoms with Gasteiger partial charge in [0.15, 0.2) is 0 Å². The fourth-order valence-electron chi connectivity index (χ4n) is 2.97. The average Bonchev–Trinajstić information content (AvgIpc) is 2.78. The first-order valence-corrected chi connectivity index (χ1v) is 9.25. The molecule has 2 heterocycles. The number of rotatable bonds is 6. The van der Waals surface area contributed by atoms with Crippen LogP contribution in [-0.2, 0) is 6.54 Å². The average molecular weight is 345 g/mol. The Morgan fingerprint density at radius 3 is 2.68 bits per heavy atom. The zero-order valence-corrected chi connectivity index (χ0v) is 16.2. The van der Waals surface area contributed by atoms with Crippen LogP contribution in [0.5, 0.6) is 0 Å². The van der Waals surface area contributed by atoms with Crippen molar-refractivity contribution in [2.45, 2.75) is 46.6 Å². The van der Waals surface area contributed by atoms with E-state index in [2.05, 4.69) is 54.9 Å². The minimum atomic E-state index is -0.0246. The van der Waals surface area contributed by atoms with Gasteiger partial charge in [-0.2, -0.15) is 5.10 Å². The van der Waals surface area contributed by atoms with Crippen LogP contribution in [0.3, 0.4) is 0 Å². The first-order valence-electron chi connectivity index (χ1n) is 9.25. The van der Waals surface area contributed by atoms with Crippen LogP contribution in [0.25, 0.3) is 0 Å². The molecule has 0 spiro atoms. The summed E-state index contributed by atoms with van der Waals surface area (Å²) in [4.78, 5) is 17.0. The Hall–Kier alpha value is -1.88. The lowest BCUT2D eigenvalue weighted by Crippen LogP contribution is -2.31. The minimum Gasteiger partial charge on any atom is -0.369 e.